The van der Waals surface area contributed by atoms with Gasteiger partial charge >= 0.3 is 0 Å². The first kappa shape index (κ1) is 14.3. The number of thiazole rings is 1. The van der Waals surface area contributed by atoms with Gasteiger partial charge < -0.3 is 5.32 Å². The molecule has 112 valence electrons. The van der Waals surface area contributed by atoms with Crippen molar-refractivity contribution in [3.63, 3.8) is 0 Å². The fraction of sp³-hybridized carbons (Fsp3) is 0.214. The topological polar surface area (TPSA) is 85.6 Å². The molecule has 0 unspecified atom stereocenters. The molecular weight excluding hydrogens is 300 g/mol. The summed E-state index contributed by atoms with van der Waals surface area (Å²) in [5, 5.41) is 17.1. The Balaban J connectivity index is 1.73. The quantitative estimate of drug-likeness (QED) is 0.794. The Kier molecular flexibility index (Phi) is 3.92. The van der Waals surface area contributed by atoms with E-state index in [1.54, 1.807) is 11.7 Å². The van der Waals surface area contributed by atoms with Crippen LogP contribution >= 0.6 is 11.3 Å². The summed E-state index contributed by atoms with van der Waals surface area (Å²) in [6.45, 7) is 1.92. The Hall–Kier alpha value is -2.61. The van der Waals surface area contributed by atoms with Crippen LogP contribution in [0.3, 0.4) is 0 Å². The third kappa shape index (κ3) is 3.17. The third-order valence-corrected chi connectivity index (χ3v) is 3.86. The van der Waals surface area contributed by atoms with Crippen LogP contribution in [0.2, 0.25) is 0 Å². The van der Waals surface area contributed by atoms with Gasteiger partial charge in [-0.3, -0.25) is 4.79 Å². The average Bonchev–Trinajstić information content (AvgIpc) is 3.07. The highest BCUT2D eigenvalue weighted by molar-refractivity contribution is 7.09. The van der Waals surface area contributed by atoms with E-state index < -0.39 is 0 Å². The highest BCUT2D eigenvalue weighted by atomic mass is 32.1. The number of aryl methyl sites for hydroxylation is 2. The fourth-order valence-corrected chi connectivity index (χ4v) is 2.68. The highest BCUT2D eigenvalue weighted by Crippen LogP contribution is 2.19. The van der Waals surface area contributed by atoms with Crippen LogP contribution in [0.15, 0.2) is 29.6 Å². The van der Waals surface area contributed by atoms with Gasteiger partial charge in [-0.25, -0.2) is 9.67 Å². The number of hydrogen-bond donors (Lipinski definition) is 1. The molecule has 1 N–H and O–H groups in total. The van der Waals surface area contributed by atoms with E-state index >= 15 is 0 Å². The van der Waals surface area contributed by atoms with Crippen molar-refractivity contribution in [2.75, 3.05) is 5.32 Å². The molecule has 0 spiro atoms. The highest BCUT2D eigenvalue weighted by Gasteiger charge is 2.09. The molecule has 1 aromatic carbocycles. The lowest BCUT2D eigenvalue weighted by molar-refractivity contribution is -0.115. The molecule has 3 rings (SSSR count). The lowest BCUT2D eigenvalue weighted by Crippen LogP contribution is -2.14. The normalized spacial score (nSPS) is 10.6. The van der Waals surface area contributed by atoms with Gasteiger partial charge in [-0.1, -0.05) is 12.1 Å². The van der Waals surface area contributed by atoms with E-state index in [9.17, 15) is 4.79 Å². The minimum Gasteiger partial charge on any atom is -0.326 e. The second kappa shape index (κ2) is 6.02. The van der Waals surface area contributed by atoms with Gasteiger partial charge in [0.1, 0.15) is 0 Å². The van der Waals surface area contributed by atoms with Crippen molar-refractivity contribution in [2.45, 2.75) is 13.3 Å². The number of benzene rings is 1. The van der Waals surface area contributed by atoms with Crippen LogP contribution in [0, 0.1) is 6.92 Å². The van der Waals surface area contributed by atoms with Gasteiger partial charge in [0.05, 0.1) is 17.1 Å². The maximum atomic E-state index is 12.1. The number of hydrogen-bond acceptors (Lipinski definition) is 6. The predicted molar refractivity (Wildman–Crippen MR) is 83.4 cm³/mol. The monoisotopic (exact) mass is 314 g/mol. The first-order valence-corrected chi connectivity index (χ1v) is 7.53. The van der Waals surface area contributed by atoms with Crippen molar-refractivity contribution < 1.29 is 4.79 Å². The maximum Gasteiger partial charge on any atom is 0.230 e. The molecule has 3 aromatic rings. The molecular formula is C14H14N6OS. The van der Waals surface area contributed by atoms with E-state index in [1.807, 2.05) is 36.6 Å². The van der Waals surface area contributed by atoms with E-state index in [4.69, 9.17) is 0 Å². The van der Waals surface area contributed by atoms with E-state index in [2.05, 4.69) is 25.8 Å². The van der Waals surface area contributed by atoms with E-state index in [1.165, 1.54) is 11.3 Å². The van der Waals surface area contributed by atoms with Crippen molar-refractivity contribution in [1.29, 1.82) is 0 Å². The molecule has 2 aromatic heterocycles. The molecule has 0 aliphatic heterocycles. The molecule has 8 heteroatoms. The summed E-state index contributed by atoms with van der Waals surface area (Å²) in [6, 6.07) is 7.42. The predicted octanol–water partition coefficient (Wildman–Crippen LogP) is 1.82. The number of carbonyl (C=O) groups is 1. The molecule has 0 saturated heterocycles. The van der Waals surface area contributed by atoms with Gasteiger partial charge in [0.15, 0.2) is 5.82 Å². The zero-order valence-electron chi connectivity index (χ0n) is 12.1. The largest absolute Gasteiger partial charge is 0.326 e. The van der Waals surface area contributed by atoms with Crippen LogP contribution in [-0.4, -0.2) is 31.1 Å². The Labute approximate surface area is 131 Å². The number of tetrazole rings is 1. The van der Waals surface area contributed by atoms with Crippen LogP contribution < -0.4 is 5.32 Å². The second-order valence-corrected chi connectivity index (χ2v) is 5.85. The van der Waals surface area contributed by atoms with Crippen LogP contribution in [-0.2, 0) is 18.3 Å². The standard InChI is InChI=1S/C14H14N6OS/c1-9-15-12(8-22-9)7-13(21)16-11-5-3-4-10(6-11)14-17-18-19-20(14)2/h3-6,8H,7H2,1-2H3,(H,16,21). The van der Waals surface area contributed by atoms with Crippen LogP contribution in [0.4, 0.5) is 5.69 Å². The van der Waals surface area contributed by atoms with Gasteiger partial charge in [0.25, 0.3) is 0 Å². The number of amides is 1. The molecule has 0 aliphatic rings. The zero-order valence-corrected chi connectivity index (χ0v) is 13.0. The zero-order chi connectivity index (χ0) is 15.5. The minimum absolute atomic E-state index is 0.0986. The van der Waals surface area contributed by atoms with Crippen LogP contribution in [0.1, 0.15) is 10.7 Å². The first-order valence-electron chi connectivity index (χ1n) is 6.65. The second-order valence-electron chi connectivity index (χ2n) is 4.79. The Bertz CT molecular complexity index is 809. The molecule has 0 bridgehead atoms. The number of nitrogens with zero attached hydrogens (tertiary/aromatic N) is 5. The summed E-state index contributed by atoms with van der Waals surface area (Å²) >= 11 is 1.54. The molecule has 1 amide bonds. The van der Waals surface area contributed by atoms with Gasteiger partial charge in [-0.05, 0) is 29.5 Å². The Morgan fingerprint density at radius 1 is 1.41 bits per heavy atom. The Morgan fingerprint density at radius 2 is 2.27 bits per heavy atom. The average molecular weight is 314 g/mol. The van der Waals surface area contributed by atoms with Crippen molar-refractivity contribution >= 4 is 22.9 Å². The summed E-state index contributed by atoms with van der Waals surface area (Å²) in [5.74, 6) is 0.546. The minimum atomic E-state index is -0.0986. The third-order valence-electron chi connectivity index (χ3n) is 3.03. The number of anilines is 1. The lowest BCUT2D eigenvalue weighted by Gasteiger charge is -2.06. The van der Waals surface area contributed by atoms with Gasteiger partial charge in [0, 0.05) is 23.7 Å². The number of carbonyl (C=O) groups excluding carboxylic acids is 1. The molecule has 2 heterocycles. The van der Waals surface area contributed by atoms with Crippen LogP contribution in [0.25, 0.3) is 11.4 Å². The molecule has 22 heavy (non-hydrogen) atoms. The summed E-state index contributed by atoms with van der Waals surface area (Å²) in [5.41, 5.74) is 2.33. The van der Waals surface area contributed by atoms with Gasteiger partial charge in [-0.2, -0.15) is 0 Å². The summed E-state index contributed by atoms with van der Waals surface area (Å²) in [7, 11) is 1.77. The SMILES string of the molecule is Cc1nc(CC(=O)Nc2cccc(-c3nnnn3C)c2)cs1. The molecule has 0 aliphatic carbocycles. The van der Waals surface area contributed by atoms with Gasteiger partial charge in [0.2, 0.25) is 5.91 Å². The van der Waals surface area contributed by atoms with Crippen LogP contribution in [0.5, 0.6) is 0 Å². The molecule has 0 radical (unpaired) electrons. The molecule has 0 atom stereocenters. The smallest absolute Gasteiger partial charge is 0.230 e. The van der Waals surface area contributed by atoms with E-state index in [0.717, 1.165) is 16.3 Å². The number of aromatic nitrogens is 5. The summed E-state index contributed by atoms with van der Waals surface area (Å²) in [6.07, 6.45) is 0.264. The van der Waals surface area contributed by atoms with Crippen molar-refractivity contribution in [3.05, 3.63) is 40.3 Å². The Morgan fingerprint density at radius 3 is 2.95 bits per heavy atom. The van der Waals surface area contributed by atoms with Gasteiger partial charge in [-0.15, -0.1) is 16.4 Å². The lowest BCUT2D eigenvalue weighted by atomic mass is 10.2. The molecule has 0 saturated carbocycles. The maximum absolute atomic E-state index is 12.1. The molecule has 7 nitrogen and oxygen atoms in total. The first-order chi connectivity index (χ1) is 10.6. The van der Waals surface area contributed by atoms with E-state index in [-0.39, 0.29) is 12.3 Å². The molecule has 0 fully saturated rings. The van der Waals surface area contributed by atoms with Crippen molar-refractivity contribution in [2.24, 2.45) is 7.05 Å². The summed E-state index contributed by atoms with van der Waals surface area (Å²) in [4.78, 5) is 16.4. The summed E-state index contributed by atoms with van der Waals surface area (Å²) < 4.78 is 1.58. The number of rotatable bonds is 4. The van der Waals surface area contributed by atoms with Crippen molar-refractivity contribution in [1.82, 2.24) is 25.2 Å². The number of nitrogens with one attached hydrogen (secondary N) is 1. The van der Waals surface area contributed by atoms with E-state index in [0.29, 0.717) is 11.5 Å². The van der Waals surface area contributed by atoms with Crippen molar-refractivity contribution in [3.8, 4) is 11.4 Å². The fourth-order valence-electron chi connectivity index (χ4n) is 2.07.